The number of pyridine rings is 1. The summed E-state index contributed by atoms with van der Waals surface area (Å²) in [7, 11) is 1.19. The van der Waals surface area contributed by atoms with Crippen LogP contribution in [0.4, 0.5) is 4.39 Å². The quantitative estimate of drug-likeness (QED) is 0.823. The molecule has 6 heteroatoms. The summed E-state index contributed by atoms with van der Waals surface area (Å²) in [5.74, 6) is -1.80. The number of methoxy groups -OCH3 is 1. The van der Waals surface area contributed by atoms with Crippen LogP contribution in [0.5, 0.6) is 5.75 Å². The highest BCUT2D eigenvalue weighted by atomic mass is 19.1. The van der Waals surface area contributed by atoms with E-state index in [1.165, 1.54) is 25.3 Å². The van der Waals surface area contributed by atoms with Crippen LogP contribution in [0.3, 0.4) is 0 Å². The van der Waals surface area contributed by atoms with Gasteiger partial charge in [0.25, 0.3) is 5.56 Å². The van der Waals surface area contributed by atoms with Crippen molar-refractivity contribution in [1.29, 1.82) is 0 Å². The van der Waals surface area contributed by atoms with E-state index in [1.54, 1.807) is 6.92 Å². The van der Waals surface area contributed by atoms with E-state index in [9.17, 15) is 19.1 Å². The molecule has 104 valence electrons. The van der Waals surface area contributed by atoms with Gasteiger partial charge in [0.1, 0.15) is 11.6 Å². The molecule has 1 aromatic carbocycles. The molecule has 0 spiro atoms. The Morgan fingerprint density at radius 2 is 2.05 bits per heavy atom. The third-order valence-electron chi connectivity index (χ3n) is 2.81. The monoisotopic (exact) mass is 277 g/mol. The number of rotatable bonds is 2. The summed E-state index contributed by atoms with van der Waals surface area (Å²) in [6, 6.07) is 4.86. The molecule has 0 aliphatic rings. The zero-order chi connectivity index (χ0) is 14.9. The third kappa shape index (κ3) is 2.40. The predicted molar refractivity (Wildman–Crippen MR) is 70.2 cm³/mol. The molecule has 0 radical (unpaired) electrons. The van der Waals surface area contributed by atoms with Gasteiger partial charge in [0, 0.05) is 11.3 Å². The number of H-pyrrole nitrogens is 1. The lowest BCUT2D eigenvalue weighted by Gasteiger charge is -2.07. The second-order valence-corrected chi connectivity index (χ2v) is 4.23. The number of carbonyl (C=O) groups is 1. The Bertz CT molecular complexity index is 736. The molecule has 20 heavy (non-hydrogen) atoms. The van der Waals surface area contributed by atoms with Gasteiger partial charge in [-0.3, -0.25) is 4.79 Å². The Balaban J connectivity index is 2.60. The molecule has 1 aromatic heterocycles. The molecule has 0 saturated heterocycles. The van der Waals surface area contributed by atoms with E-state index in [2.05, 4.69) is 9.72 Å². The van der Waals surface area contributed by atoms with Gasteiger partial charge in [-0.2, -0.15) is 0 Å². The first-order valence-corrected chi connectivity index (χ1v) is 5.75. The molecular weight excluding hydrogens is 265 g/mol. The molecule has 0 bridgehead atoms. The fraction of sp³-hybridized carbons (Fsp3) is 0.143. The smallest absolute Gasteiger partial charge is 0.337 e. The van der Waals surface area contributed by atoms with Gasteiger partial charge in [0.2, 0.25) is 0 Å². The summed E-state index contributed by atoms with van der Waals surface area (Å²) in [5.41, 5.74) is -0.382. The molecule has 2 aromatic rings. The number of hydrogen-bond donors (Lipinski definition) is 2. The maximum atomic E-state index is 14.0. The molecular formula is C14H12FNO4. The maximum Gasteiger partial charge on any atom is 0.337 e. The molecule has 0 amide bonds. The van der Waals surface area contributed by atoms with Crippen LogP contribution in [-0.4, -0.2) is 23.2 Å². The van der Waals surface area contributed by atoms with E-state index in [4.69, 9.17) is 0 Å². The van der Waals surface area contributed by atoms with E-state index >= 15 is 0 Å². The van der Waals surface area contributed by atoms with Gasteiger partial charge in [-0.25, -0.2) is 9.18 Å². The van der Waals surface area contributed by atoms with Crippen LogP contribution >= 0.6 is 0 Å². The largest absolute Gasteiger partial charge is 0.507 e. The lowest BCUT2D eigenvalue weighted by atomic mass is 10.0. The molecule has 0 saturated carbocycles. The summed E-state index contributed by atoms with van der Waals surface area (Å²) in [4.78, 5) is 25.6. The number of aromatic hydroxyl groups is 1. The average molecular weight is 277 g/mol. The molecule has 0 unspecified atom stereocenters. The molecule has 2 rings (SSSR count). The Kier molecular flexibility index (Phi) is 3.56. The summed E-state index contributed by atoms with van der Waals surface area (Å²) in [5, 5.41) is 9.80. The Morgan fingerprint density at radius 3 is 2.60 bits per heavy atom. The van der Waals surface area contributed by atoms with E-state index in [1.807, 2.05) is 0 Å². The number of aromatic amines is 1. The number of benzene rings is 1. The zero-order valence-electron chi connectivity index (χ0n) is 10.9. The molecule has 2 N–H and O–H groups in total. The van der Waals surface area contributed by atoms with Gasteiger partial charge in [0.15, 0.2) is 0 Å². The maximum absolute atomic E-state index is 14.0. The van der Waals surface area contributed by atoms with Crippen molar-refractivity contribution in [2.45, 2.75) is 6.92 Å². The topological polar surface area (TPSA) is 79.4 Å². The summed E-state index contributed by atoms with van der Waals surface area (Å²) in [6.07, 6.45) is 0. The average Bonchev–Trinajstić information content (AvgIpc) is 2.38. The van der Waals surface area contributed by atoms with Crippen LogP contribution in [0.1, 0.15) is 16.1 Å². The van der Waals surface area contributed by atoms with Gasteiger partial charge >= 0.3 is 5.97 Å². The SMILES string of the molecule is COC(=O)c1ccc(-c2c(O)cc(C)[nH]c2=O)c(F)c1. The first-order chi connectivity index (χ1) is 9.43. The number of carbonyl (C=O) groups excluding carboxylic acids is 1. The number of hydrogen-bond acceptors (Lipinski definition) is 4. The lowest BCUT2D eigenvalue weighted by Crippen LogP contribution is -2.11. The van der Waals surface area contributed by atoms with E-state index < -0.39 is 17.3 Å². The standard InChI is InChI=1S/C14H12FNO4/c1-7-5-11(17)12(13(18)16-7)9-4-3-8(6-10(9)15)14(19)20-2/h3-6H,1-2H3,(H2,16,17,18). The number of nitrogens with one attached hydrogen (secondary N) is 1. The molecule has 5 nitrogen and oxygen atoms in total. The van der Waals surface area contributed by atoms with Crippen molar-refractivity contribution in [3.63, 3.8) is 0 Å². The van der Waals surface area contributed by atoms with E-state index in [-0.39, 0.29) is 22.4 Å². The fourth-order valence-electron chi connectivity index (χ4n) is 1.89. The van der Waals surface area contributed by atoms with Crippen LogP contribution in [0.2, 0.25) is 0 Å². The number of aromatic nitrogens is 1. The summed E-state index contributed by atoms with van der Waals surface area (Å²) >= 11 is 0. The number of ether oxygens (including phenoxy) is 1. The van der Waals surface area contributed by atoms with Gasteiger partial charge in [-0.05, 0) is 25.1 Å². The van der Waals surface area contributed by atoms with Crippen molar-refractivity contribution in [3.05, 3.63) is 51.7 Å². The Hall–Kier alpha value is -2.63. The van der Waals surface area contributed by atoms with Crippen LogP contribution in [0.25, 0.3) is 11.1 Å². The van der Waals surface area contributed by atoms with Crippen LogP contribution in [-0.2, 0) is 4.74 Å². The Labute approximate surface area is 113 Å². The minimum absolute atomic E-state index is 0.0248. The lowest BCUT2D eigenvalue weighted by molar-refractivity contribution is 0.0600. The van der Waals surface area contributed by atoms with Gasteiger partial charge < -0.3 is 14.8 Å². The molecule has 0 aliphatic heterocycles. The fourth-order valence-corrected chi connectivity index (χ4v) is 1.89. The van der Waals surface area contributed by atoms with Gasteiger partial charge in [-0.15, -0.1) is 0 Å². The van der Waals surface area contributed by atoms with Crippen molar-refractivity contribution in [3.8, 4) is 16.9 Å². The van der Waals surface area contributed by atoms with Crippen molar-refractivity contribution < 1.29 is 19.0 Å². The van der Waals surface area contributed by atoms with Crippen LogP contribution in [0, 0.1) is 12.7 Å². The van der Waals surface area contributed by atoms with Crippen molar-refractivity contribution in [2.75, 3.05) is 7.11 Å². The molecule has 1 heterocycles. The van der Waals surface area contributed by atoms with Crippen LogP contribution in [0.15, 0.2) is 29.1 Å². The third-order valence-corrected chi connectivity index (χ3v) is 2.81. The number of aryl methyl sites for hydroxylation is 1. The minimum atomic E-state index is -0.794. The summed E-state index contributed by atoms with van der Waals surface area (Å²) in [6.45, 7) is 1.60. The van der Waals surface area contributed by atoms with Crippen molar-refractivity contribution >= 4 is 5.97 Å². The normalized spacial score (nSPS) is 10.3. The molecule has 0 atom stereocenters. The minimum Gasteiger partial charge on any atom is -0.507 e. The highest BCUT2D eigenvalue weighted by molar-refractivity contribution is 5.90. The highest BCUT2D eigenvalue weighted by Crippen LogP contribution is 2.28. The van der Waals surface area contributed by atoms with E-state index in [0.717, 1.165) is 6.07 Å². The van der Waals surface area contributed by atoms with Crippen molar-refractivity contribution in [1.82, 2.24) is 4.98 Å². The summed E-state index contributed by atoms with van der Waals surface area (Å²) < 4.78 is 18.5. The second-order valence-electron chi connectivity index (χ2n) is 4.23. The first-order valence-electron chi connectivity index (χ1n) is 5.75. The first kappa shape index (κ1) is 13.8. The predicted octanol–water partition coefficient (Wildman–Crippen LogP) is 1.98. The Morgan fingerprint density at radius 1 is 1.35 bits per heavy atom. The zero-order valence-corrected chi connectivity index (χ0v) is 10.9. The second kappa shape index (κ2) is 5.16. The van der Waals surface area contributed by atoms with E-state index in [0.29, 0.717) is 5.69 Å². The number of halogens is 1. The molecule has 0 fully saturated rings. The number of esters is 1. The van der Waals surface area contributed by atoms with Gasteiger partial charge in [0.05, 0.1) is 18.2 Å². The van der Waals surface area contributed by atoms with Crippen LogP contribution < -0.4 is 5.56 Å². The van der Waals surface area contributed by atoms with Crippen molar-refractivity contribution in [2.24, 2.45) is 0 Å². The molecule has 0 aliphatic carbocycles. The van der Waals surface area contributed by atoms with Gasteiger partial charge in [-0.1, -0.05) is 6.07 Å². The highest BCUT2D eigenvalue weighted by Gasteiger charge is 2.16.